The molecule has 0 radical (unpaired) electrons. The van der Waals surface area contributed by atoms with Crippen LogP contribution in [0.5, 0.6) is 0 Å². The molecule has 0 aromatic heterocycles. The first-order valence-electron chi connectivity index (χ1n) is 7.51. The SMILES string of the molecule is COC(=O)Cc1ccc([C@H]2CCCc3ccccc32)cc1. The van der Waals surface area contributed by atoms with Crippen LogP contribution in [0.25, 0.3) is 0 Å². The lowest BCUT2D eigenvalue weighted by molar-refractivity contribution is -0.139. The summed E-state index contributed by atoms with van der Waals surface area (Å²) in [6.45, 7) is 0. The summed E-state index contributed by atoms with van der Waals surface area (Å²) < 4.78 is 4.71. The van der Waals surface area contributed by atoms with Crippen molar-refractivity contribution in [3.63, 3.8) is 0 Å². The zero-order valence-electron chi connectivity index (χ0n) is 12.3. The third-order valence-corrected chi connectivity index (χ3v) is 4.33. The molecule has 0 bridgehead atoms. The van der Waals surface area contributed by atoms with Crippen molar-refractivity contribution >= 4 is 5.97 Å². The molecule has 0 unspecified atom stereocenters. The van der Waals surface area contributed by atoms with Gasteiger partial charge in [0, 0.05) is 5.92 Å². The maximum atomic E-state index is 11.3. The first-order valence-corrected chi connectivity index (χ1v) is 7.51. The number of aryl methyl sites for hydroxylation is 1. The van der Waals surface area contributed by atoms with Gasteiger partial charge in [0.2, 0.25) is 0 Å². The summed E-state index contributed by atoms with van der Waals surface area (Å²) in [6.07, 6.45) is 3.98. The highest BCUT2D eigenvalue weighted by Crippen LogP contribution is 2.36. The first kappa shape index (κ1) is 13.9. The van der Waals surface area contributed by atoms with Crippen molar-refractivity contribution in [2.45, 2.75) is 31.6 Å². The van der Waals surface area contributed by atoms with Gasteiger partial charge in [-0.3, -0.25) is 4.79 Å². The summed E-state index contributed by atoms with van der Waals surface area (Å²) >= 11 is 0. The Morgan fingerprint density at radius 1 is 1.14 bits per heavy atom. The number of fused-ring (bicyclic) bond motifs is 1. The molecule has 21 heavy (non-hydrogen) atoms. The van der Waals surface area contributed by atoms with Crippen LogP contribution in [-0.4, -0.2) is 13.1 Å². The van der Waals surface area contributed by atoms with E-state index in [9.17, 15) is 4.79 Å². The Labute approximate surface area is 125 Å². The summed E-state index contributed by atoms with van der Waals surface area (Å²) in [5, 5.41) is 0. The molecule has 0 heterocycles. The summed E-state index contributed by atoms with van der Waals surface area (Å²) in [4.78, 5) is 11.3. The lowest BCUT2D eigenvalue weighted by Gasteiger charge is -2.26. The molecule has 0 aliphatic heterocycles. The molecule has 1 atom stereocenters. The number of carbonyl (C=O) groups excluding carboxylic acids is 1. The second-order valence-electron chi connectivity index (χ2n) is 5.64. The quantitative estimate of drug-likeness (QED) is 0.798. The molecule has 0 amide bonds. The number of hydrogen-bond donors (Lipinski definition) is 0. The third kappa shape index (κ3) is 2.99. The largest absolute Gasteiger partial charge is 0.469 e. The number of ether oxygens (including phenoxy) is 1. The van der Waals surface area contributed by atoms with Crippen molar-refractivity contribution in [2.75, 3.05) is 7.11 Å². The van der Waals surface area contributed by atoms with E-state index < -0.39 is 0 Å². The lowest BCUT2D eigenvalue weighted by Crippen LogP contribution is -2.11. The normalized spacial score (nSPS) is 17.1. The van der Waals surface area contributed by atoms with Gasteiger partial charge in [-0.2, -0.15) is 0 Å². The van der Waals surface area contributed by atoms with Gasteiger partial charge in [0.05, 0.1) is 13.5 Å². The van der Waals surface area contributed by atoms with E-state index in [1.165, 1.54) is 43.1 Å². The van der Waals surface area contributed by atoms with E-state index >= 15 is 0 Å². The molecule has 108 valence electrons. The zero-order valence-corrected chi connectivity index (χ0v) is 12.3. The van der Waals surface area contributed by atoms with E-state index in [0.717, 1.165) is 5.56 Å². The van der Waals surface area contributed by atoms with Crippen LogP contribution in [0, 0.1) is 0 Å². The fourth-order valence-corrected chi connectivity index (χ4v) is 3.21. The highest BCUT2D eigenvalue weighted by atomic mass is 16.5. The van der Waals surface area contributed by atoms with Crippen LogP contribution in [0.1, 0.15) is 41.0 Å². The van der Waals surface area contributed by atoms with Crippen molar-refractivity contribution in [2.24, 2.45) is 0 Å². The highest BCUT2D eigenvalue weighted by Gasteiger charge is 2.21. The maximum Gasteiger partial charge on any atom is 0.309 e. The van der Waals surface area contributed by atoms with Gasteiger partial charge in [-0.05, 0) is 41.5 Å². The minimum Gasteiger partial charge on any atom is -0.469 e. The smallest absolute Gasteiger partial charge is 0.309 e. The van der Waals surface area contributed by atoms with Gasteiger partial charge in [-0.15, -0.1) is 0 Å². The number of esters is 1. The fraction of sp³-hybridized carbons (Fsp3) is 0.316. The van der Waals surface area contributed by atoms with Gasteiger partial charge in [-0.1, -0.05) is 48.5 Å². The van der Waals surface area contributed by atoms with Crippen LogP contribution >= 0.6 is 0 Å². The molecule has 0 saturated heterocycles. The minimum atomic E-state index is -0.189. The lowest BCUT2D eigenvalue weighted by atomic mass is 9.79. The Kier molecular flexibility index (Phi) is 4.05. The van der Waals surface area contributed by atoms with Gasteiger partial charge >= 0.3 is 5.97 Å². The van der Waals surface area contributed by atoms with Crippen LogP contribution in [-0.2, 0) is 22.4 Å². The van der Waals surface area contributed by atoms with Crippen LogP contribution < -0.4 is 0 Å². The Hall–Kier alpha value is -2.09. The summed E-state index contributed by atoms with van der Waals surface area (Å²) in [7, 11) is 1.43. The molecule has 1 aliphatic rings. The van der Waals surface area contributed by atoms with E-state index in [1.54, 1.807) is 0 Å². The molecule has 2 aromatic carbocycles. The van der Waals surface area contributed by atoms with E-state index in [4.69, 9.17) is 4.74 Å². The predicted molar refractivity (Wildman–Crippen MR) is 83.4 cm³/mol. The summed E-state index contributed by atoms with van der Waals surface area (Å²) in [5.41, 5.74) is 5.29. The molecule has 2 heteroatoms. The van der Waals surface area contributed by atoms with Gasteiger partial charge < -0.3 is 4.74 Å². The Morgan fingerprint density at radius 3 is 2.67 bits per heavy atom. The Morgan fingerprint density at radius 2 is 1.90 bits per heavy atom. The van der Waals surface area contributed by atoms with Crippen molar-refractivity contribution in [3.05, 3.63) is 70.8 Å². The second kappa shape index (κ2) is 6.13. The molecule has 0 fully saturated rings. The number of carbonyl (C=O) groups is 1. The third-order valence-electron chi connectivity index (χ3n) is 4.33. The van der Waals surface area contributed by atoms with Gasteiger partial charge in [0.15, 0.2) is 0 Å². The van der Waals surface area contributed by atoms with Crippen molar-refractivity contribution < 1.29 is 9.53 Å². The van der Waals surface area contributed by atoms with E-state index in [2.05, 4.69) is 36.4 Å². The first-order chi connectivity index (χ1) is 10.3. The molecule has 0 spiro atoms. The Balaban J connectivity index is 1.83. The van der Waals surface area contributed by atoms with Gasteiger partial charge in [-0.25, -0.2) is 0 Å². The van der Waals surface area contributed by atoms with Gasteiger partial charge in [0.25, 0.3) is 0 Å². The number of benzene rings is 2. The van der Waals surface area contributed by atoms with E-state index in [0.29, 0.717) is 12.3 Å². The average Bonchev–Trinajstić information content (AvgIpc) is 2.55. The average molecular weight is 280 g/mol. The number of methoxy groups -OCH3 is 1. The van der Waals surface area contributed by atoms with E-state index in [-0.39, 0.29) is 5.97 Å². The predicted octanol–water partition coefficient (Wildman–Crippen LogP) is 3.87. The number of rotatable bonds is 3. The molecular formula is C19H20O2. The van der Waals surface area contributed by atoms with E-state index in [1.807, 2.05) is 12.1 Å². The topological polar surface area (TPSA) is 26.3 Å². The molecule has 3 rings (SSSR count). The minimum absolute atomic E-state index is 0.189. The van der Waals surface area contributed by atoms with Crippen molar-refractivity contribution in [3.8, 4) is 0 Å². The summed E-state index contributed by atoms with van der Waals surface area (Å²) in [5.74, 6) is 0.299. The van der Waals surface area contributed by atoms with Gasteiger partial charge in [0.1, 0.15) is 0 Å². The molecule has 0 saturated carbocycles. The molecule has 2 aromatic rings. The van der Waals surface area contributed by atoms with Crippen LogP contribution in [0.4, 0.5) is 0 Å². The monoisotopic (exact) mass is 280 g/mol. The van der Waals surface area contributed by atoms with Crippen LogP contribution in [0.2, 0.25) is 0 Å². The highest BCUT2D eigenvalue weighted by molar-refractivity contribution is 5.72. The molecule has 2 nitrogen and oxygen atoms in total. The van der Waals surface area contributed by atoms with Crippen LogP contribution in [0.3, 0.4) is 0 Å². The zero-order chi connectivity index (χ0) is 14.7. The van der Waals surface area contributed by atoms with Crippen molar-refractivity contribution in [1.82, 2.24) is 0 Å². The standard InChI is InChI=1S/C19H20O2/c1-21-19(20)13-14-9-11-16(12-10-14)18-8-4-6-15-5-2-3-7-17(15)18/h2-3,5,7,9-12,18H,4,6,8,13H2,1H3/t18-/m1/s1. The summed E-state index contributed by atoms with van der Waals surface area (Å²) in [6, 6.07) is 17.2. The second-order valence-corrected chi connectivity index (χ2v) is 5.64. The Bertz CT molecular complexity index is 628. The maximum absolute atomic E-state index is 11.3. The molecule has 1 aliphatic carbocycles. The van der Waals surface area contributed by atoms with Crippen LogP contribution in [0.15, 0.2) is 48.5 Å². The number of hydrogen-bond acceptors (Lipinski definition) is 2. The molecular weight excluding hydrogens is 260 g/mol. The van der Waals surface area contributed by atoms with Crippen molar-refractivity contribution in [1.29, 1.82) is 0 Å². The molecule has 0 N–H and O–H groups in total. The fourth-order valence-electron chi connectivity index (χ4n) is 3.21.